The summed E-state index contributed by atoms with van der Waals surface area (Å²) in [5.74, 6) is 0.103. The summed E-state index contributed by atoms with van der Waals surface area (Å²) in [5, 5.41) is 12.0. The van der Waals surface area contributed by atoms with Crippen LogP contribution in [0.4, 0.5) is 5.82 Å². The number of hydrogen-bond acceptors (Lipinski definition) is 5. The van der Waals surface area contributed by atoms with E-state index in [-0.39, 0.29) is 12.5 Å². The number of morpholine rings is 1. The number of carbonyl (C=O) groups is 1. The molecule has 1 fully saturated rings. The molecule has 1 aliphatic heterocycles. The van der Waals surface area contributed by atoms with Gasteiger partial charge in [-0.05, 0) is 17.5 Å². The maximum Gasteiger partial charge on any atom is 0.306 e. The molecule has 3 rings (SSSR count). The smallest absolute Gasteiger partial charge is 0.306 e. The Morgan fingerprint density at radius 1 is 1.58 bits per heavy atom. The molecule has 1 aliphatic rings. The van der Waals surface area contributed by atoms with Gasteiger partial charge in [0.1, 0.15) is 5.82 Å². The summed E-state index contributed by atoms with van der Waals surface area (Å²) in [4.78, 5) is 17.3. The lowest BCUT2D eigenvalue weighted by Crippen LogP contribution is -2.43. The average Bonchev–Trinajstić information content (AvgIpc) is 2.86. The van der Waals surface area contributed by atoms with Crippen molar-refractivity contribution in [3.8, 4) is 0 Å². The van der Waals surface area contributed by atoms with Crippen LogP contribution in [0.25, 0.3) is 10.1 Å². The molecule has 3 heterocycles. The molecule has 0 bridgehead atoms. The Kier molecular flexibility index (Phi) is 3.35. The van der Waals surface area contributed by atoms with Gasteiger partial charge in [0.15, 0.2) is 0 Å². The molecule has 100 valence electrons. The fourth-order valence-electron chi connectivity index (χ4n) is 2.36. The Hall–Kier alpha value is -1.66. The number of rotatable bonds is 3. The number of aliphatic carboxylic acids is 1. The lowest BCUT2D eigenvalue weighted by atomic mass is 10.2. The Bertz CT molecular complexity index is 598. The Morgan fingerprint density at radius 2 is 2.47 bits per heavy atom. The van der Waals surface area contributed by atoms with E-state index in [1.54, 1.807) is 17.5 Å². The van der Waals surface area contributed by atoms with E-state index in [9.17, 15) is 4.79 Å². The number of anilines is 1. The third-order valence-electron chi connectivity index (χ3n) is 3.20. The second-order valence-electron chi connectivity index (χ2n) is 4.50. The van der Waals surface area contributed by atoms with Crippen LogP contribution in [0, 0.1) is 0 Å². The molecule has 1 N–H and O–H groups in total. The first kappa shape index (κ1) is 12.4. The van der Waals surface area contributed by atoms with Crippen molar-refractivity contribution in [3.63, 3.8) is 0 Å². The van der Waals surface area contributed by atoms with E-state index in [4.69, 9.17) is 9.84 Å². The number of carboxylic acid groups (broad SMARTS) is 1. The van der Waals surface area contributed by atoms with Gasteiger partial charge in [-0.15, -0.1) is 11.3 Å². The number of pyridine rings is 1. The normalized spacial score (nSPS) is 19.8. The maximum absolute atomic E-state index is 10.8. The van der Waals surface area contributed by atoms with Gasteiger partial charge >= 0.3 is 5.97 Å². The second-order valence-corrected chi connectivity index (χ2v) is 5.45. The largest absolute Gasteiger partial charge is 0.481 e. The Labute approximate surface area is 114 Å². The molecule has 0 aromatic carbocycles. The lowest BCUT2D eigenvalue weighted by Gasteiger charge is -2.33. The summed E-state index contributed by atoms with van der Waals surface area (Å²) >= 11 is 1.68. The fourth-order valence-corrected chi connectivity index (χ4v) is 3.14. The third kappa shape index (κ3) is 2.54. The molecular weight excluding hydrogens is 264 g/mol. The molecule has 2 aromatic rings. The predicted octanol–water partition coefficient (Wildman–Crippen LogP) is 1.98. The summed E-state index contributed by atoms with van der Waals surface area (Å²) in [5.41, 5.74) is 0. The van der Waals surface area contributed by atoms with Crippen molar-refractivity contribution >= 4 is 33.2 Å². The van der Waals surface area contributed by atoms with Crippen LogP contribution in [0.5, 0.6) is 0 Å². The van der Waals surface area contributed by atoms with E-state index in [2.05, 4.69) is 16.0 Å². The van der Waals surface area contributed by atoms with Crippen molar-refractivity contribution in [2.75, 3.05) is 24.6 Å². The first-order chi connectivity index (χ1) is 9.24. The standard InChI is InChI=1S/C13H14N2O3S/c16-12(17)7-9-8-15(4-5-18-9)13-10-2-6-19-11(10)1-3-14-13/h1-3,6,9H,4-5,7-8H2,(H,16,17). The van der Waals surface area contributed by atoms with E-state index < -0.39 is 5.97 Å². The summed E-state index contributed by atoms with van der Waals surface area (Å²) in [7, 11) is 0. The molecule has 1 saturated heterocycles. The minimum atomic E-state index is -0.825. The van der Waals surface area contributed by atoms with Crippen LogP contribution in [0.1, 0.15) is 6.42 Å². The summed E-state index contributed by atoms with van der Waals surface area (Å²) in [6, 6.07) is 4.06. The molecule has 2 aromatic heterocycles. The molecule has 5 nitrogen and oxygen atoms in total. The van der Waals surface area contributed by atoms with Crippen LogP contribution in [0.2, 0.25) is 0 Å². The van der Waals surface area contributed by atoms with Crippen molar-refractivity contribution in [1.82, 2.24) is 4.98 Å². The highest BCUT2D eigenvalue weighted by molar-refractivity contribution is 7.17. The van der Waals surface area contributed by atoms with Gasteiger partial charge in [0.25, 0.3) is 0 Å². The fraction of sp³-hybridized carbons (Fsp3) is 0.385. The van der Waals surface area contributed by atoms with E-state index in [0.717, 1.165) is 17.7 Å². The number of fused-ring (bicyclic) bond motifs is 1. The first-order valence-corrected chi connectivity index (χ1v) is 7.02. The maximum atomic E-state index is 10.8. The van der Waals surface area contributed by atoms with Crippen molar-refractivity contribution in [2.24, 2.45) is 0 Å². The van der Waals surface area contributed by atoms with Crippen LogP contribution in [-0.2, 0) is 9.53 Å². The zero-order chi connectivity index (χ0) is 13.2. The minimum absolute atomic E-state index is 0.0378. The Balaban J connectivity index is 1.85. The highest BCUT2D eigenvalue weighted by Crippen LogP contribution is 2.29. The molecule has 0 saturated carbocycles. The SMILES string of the molecule is O=C(O)CC1CN(c2nccc3sccc23)CCO1. The van der Waals surface area contributed by atoms with Crippen LogP contribution < -0.4 is 4.90 Å². The zero-order valence-electron chi connectivity index (χ0n) is 10.3. The molecule has 0 radical (unpaired) electrons. The highest BCUT2D eigenvalue weighted by Gasteiger charge is 2.24. The summed E-state index contributed by atoms with van der Waals surface area (Å²) in [6.07, 6.45) is 1.58. The number of thiophene rings is 1. The summed E-state index contributed by atoms with van der Waals surface area (Å²) < 4.78 is 6.69. The van der Waals surface area contributed by atoms with Gasteiger partial charge in [0.2, 0.25) is 0 Å². The van der Waals surface area contributed by atoms with Gasteiger partial charge in [0, 0.05) is 29.4 Å². The van der Waals surface area contributed by atoms with E-state index >= 15 is 0 Å². The number of ether oxygens (including phenoxy) is 1. The monoisotopic (exact) mass is 278 g/mol. The average molecular weight is 278 g/mol. The molecule has 6 heteroatoms. The van der Waals surface area contributed by atoms with Crippen molar-refractivity contribution in [2.45, 2.75) is 12.5 Å². The molecule has 0 amide bonds. The molecule has 0 aliphatic carbocycles. The van der Waals surface area contributed by atoms with Gasteiger partial charge in [-0.1, -0.05) is 0 Å². The number of aromatic nitrogens is 1. The number of hydrogen-bond donors (Lipinski definition) is 1. The van der Waals surface area contributed by atoms with E-state index in [1.165, 1.54) is 4.70 Å². The molecular formula is C13H14N2O3S. The van der Waals surface area contributed by atoms with Gasteiger partial charge in [-0.25, -0.2) is 4.98 Å². The first-order valence-electron chi connectivity index (χ1n) is 6.14. The third-order valence-corrected chi connectivity index (χ3v) is 4.08. The van der Waals surface area contributed by atoms with E-state index in [0.29, 0.717) is 13.2 Å². The van der Waals surface area contributed by atoms with Crippen LogP contribution in [-0.4, -0.2) is 41.9 Å². The van der Waals surface area contributed by atoms with Gasteiger partial charge in [-0.2, -0.15) is 0 Å². The van der Waals surface area contributed by atoms with Gasteiger partial charge < -0.3 is 14.7 Å². The van der Waals surface area contributed by atoms with Crippen LogP contribution in [0.15, 0.2) is 23.7 Å². The topological polar surface area (TPSA) is 62.7 Å². The van der Waals surface area contributed by atoms with Crippen LogP contribution in [0.3, 0.4) is 0 Å². The van der Waals surface area contributed by atoms with Crippen LogP contribution >= 0.6 is 11.3 Å². The quantitative estimate of drug-likeness (QED) is 0.930. The second kappa shape index (κ2) is 5.14. The Morgan fingerprint density at radius 3 is 3.32 bits per heavy atom. The van der Waals surface area contributed by atoms with Gasteiger partial charge in [-0.3, -0.25) is 4.79 Å². The number of carboxylic acids is 1. The molecule has 1 unspecified atom stereocenters. The predicted molar refractivity (Wildman–Crippen MR) is 73.8 cm³/mol. The number of nitrogens with zero attached hydrogens (tertiary/aromatic N) is 2. The highest BCUT2D eigenvalue weighted by atomic mass is 32.1. The van der Waals surface area contributed by atoms with Crippen molar-refractivity contribution < 1.29 is 14.6 Å². The lowest BCUT2D eigenvalue weighted by molar-refractivity contribution is -0.140. The summed E-state index contributed by atoms with van der Waals surface area (Å²) in [6.45, 7) is 1.87. The van der Waals surface area contributed by atoms with E-state index in [1.807, 2.05) is 11.4 Å². The molecule has 1 atom stereocenters. The zero-order valence-corrected chi connectivity index (χ0v) is 11.1. The van der Waals surface area contributed by atoms with Gasteiger partial charge in [0.05, 0.1) is 19.1 Å². The van der Waals surface area contributed by atoms with Crippen molar-refractivity contribution in [3.05, 3.63) is 23.7 Å². The molecule has 19 heavy (non-hydrogen) atoms. The van der Waals surface area contributed by atoms with Crippen molar-refractivity contribution in [1.29, 1.82) is 0 Å². The molecule has 0 spiro atoms. The minimum Gasteiger partial charge on any atom is -0.481 e.